The van der Waals surface area contributed by atoms with Gasteiger partial charge in [0.15, 0.2) is 0 Å². The van der Waals surface area contributed by atoms with Gasteiger partial charge in [-0.2, -0.15) is 5.10 Å². The Morgan fingerprint density at radius 3 is 2.88 bits per heavy atom. The molecule has 2 fully saturated rings. The van der Waals surface area contributed by atoms with Crippen LogP contribution in [-0.4, -0.2) is 22.4 Å². The summed E-state index contributed by atoms with van der Waals surface area (Å²) in [5, 5.41) is 8.03. The molecule has 0 amide bonds. The first-order chi connectivity index (χ1) is 7.88. The van der Waals surface area contributed by atoms with Gasteiger partial charge < -0.3 is 5.32 Å². The molecule has 2 unspecified atom stereocenters. The maximum Gasteiger partial charge on any atom is 0.0492 e. The fraction of sp³-hybridized carbons (Fsp3) is 0.769. The minimum absolute atomic E-state index is 0.758. The zero-order chi connectivity index (χ0) is 11.0. The van der Waals surface area contributed by atoms with E-state index in [1.165, 1.54) is 37.9 Å². The van der Waals surface area contributed by atoms with Crippen LogP contribution in [0.2, 0.25) is 0 Å². The van der Waals surface area contributed by atoms with Crippen molar-refractivity contribution in [1.29, 1.82) is 0 Å². The zero-order valence-electron chi connectivity index (χ0n) is 10.0. The summed E-state index contributed by atoms with van der Waals surface area (Å²) in [5.74, 6) is 1.61. The first-order valence-corrected chi connectivity index (χ1v) is 6.63. The topological polar surface area (TPSA) is 29.9 Å². The van der Waals surface area contributed by atoms with E-state index in [0.29, 0.717) is 0 Å². The second kappa shape index (κ2) is 4.21. The molecule has 1 N–H and O–H groups in total. The van der Waals surface area contributed by atoms with Gasteiger partial charge in [-0.1, -0.05) is 0 Å². The molecule has 1 aromatic rings. The third kappa shape index (κ3) is 1.88. The molecule has 16 heavy (non-hydrogen) atoms. The van der Waals surface area contributed by atoms with Gasteiger partial charge in [0.2, 0.25) is 0 Å². The van der Waals surface area contributed by atoms with Crippen LogP contribution < -0.4 is 5.32 Å². The van der Waals surface area contributed by atoms with Crippen molar-refractivity contribution < 1.29 is 0 Å². The molecule has 2 aliphatic rings. The van der Waals surface area contributed by atoms with Crippen molar-refractivity contribution in [1.82, 2.24) is 15.1 Å². The summed E-state index contributed by atoms with van der Waals surface area (Å²) >= 11 is 0. The molecule has 3 nitrogen and oxygen atoms in total. The second-order valence-electron chi connectivity index (χ2n) is 5.20. The van der Waals surface area contributed by atoms with Crippen LogP contribution in [0.4, 0.5) is 0 Å². The van der Waals surface area contributed by atoms with Gasteiger partial charge in [-0.05, 0) is 51.1 Å². The molecule has 2 aliphatic carbocycles. The second-order valence-corrected chi connectivity index (χ2v) is 5.20. The van der Waals surface area contributed by atoms with Crippen LogP contribution >= 0.6 is 0 Å². The standard InChI is InChI=1S/C13H21N3/c1-2-16-13(7-8-15-16)12-6-3-10(12)9-14-11-4-5-11/h7-8,10-12,14H,2-6,9H2,1H3. The summed E-state index contributed by atoms with van der Waals surface area (Å²) in [6, 6.07) is 3.05. The average Bonchev–Trinajstić information content (AvgIpc) is 2.96. The van der Waals surface area contributed by atoms with Crippen molar-refractivity contribution in [2.75, 3.05) is 6.54 Å². The van der Waals surface area contributed by atoms with E-state index in [1.807, 2.05) is 6.20 Å². The number of rotatable bonds is 5. The lowest BCUT2D eigenvalue weighted by atomic mass is 9.71. The summed E-state index contributed by atoms with van der Waals surface area (Å²) in [6.45, 7) is 4.39. The van der Waals surface area contributed by atoms with Gasteiger partial charge in [0.1, 0.15) is 0 Å². The van der Waals surface area contributed by atoms with Gasteiger partial charge in [-0.3, -0.25) is 4.68 Å². The third-order valence-corrected chi connectivity index (χ3v) is 4.09. The Morgan fingerprint density at radius 2 is 2.25 bits per heavy atom. The molecule has 0 radical (unpaired) electrons. The SMILES string of the molecule is CCn1nccc1C1CCC1CNC1CC1. The highest BCUT2D eigenvalue weighted by atomic mass is 15.3. The minimum atomic E-state index is 0.758. The molecule has 0 aliphatic heterocycles. The highest BCUT2D eigenvalue weighted by molar-refractivity contribution is 5.13. The summed E-state index contributed by atoms with van der Waals surface area (Å²) in [7, 11) is 0. The van der Waals surface area contributed by atoms with E-state index in [0.717, 1.165) is 24.4 Å². The monoisotopic (exact) mass is 219 g/mol. The Morgan fingerprint density at radius 1 is 1.38 bits per heavy atom. The third-order valence-electron chi connectivity index (χ3n) is 4.09. The Kier molecular flexibility index (Phi) is 2.72. The lowest BCUT2D eigenvalue weighted by Crippen LogP contribution is -2.35. The molecule has 0 bridgehead atoms. The van der Waals surface area contributed by atoms with Crippen molar-refractivity contribution >= 4 is 0 Å². The molecule has 1 aromatic heterocycles. The van der Waals surface area contributed by atoms with Crippen LogP contribution in [0.1, 0.15) is 44.2 Å². The molecule has 1 heterocycles. The fourth-order valence-electron chi connectivity index (χ4n) is 2.73. The van der Waals surface area contributed by atoms with Gasteiger partial charge in [0.25, 0.3) is 0 Å². The summed E-state index contributed by atoms with van der Waals surface area (Å²) < 4.78 is 2.16. The zero-order valence-corrected chi connectivity index (χ0v) is 10.0. The van der Waals surface area contributed by atoms with Crippen LogP contribution in [0, 0.1) is 5.92 Å². The molecule has 0 saturated heterocycles. The largest absolute Gasteiger partial charge is 0.314 e. The van der Waals surface area contributed by atoms with E-state index in [2.05, 4.69) is 28.1 Å². The number of nitrogens with one attached hydrogen (secondary N) is 1. The van der Waals surface area contributed by atoms with E-state index in [9.17, 15) is 0 Å². The number of nitrogens with zero attached hydrogens (tertiary/aromatic N) is 2. The number of aromatic nitrogens is 2. The van der Waals surface area contributed by atoms with Crippen LogP contribution in [0.5, 0.6) is 0 Å². The van der Waals surface area contributed by atoms with E-state index < -0.39 is 0 Å². The lowest BCUT2D eigenvalue weighted by molar-refractivity contribution is 0.233. The molecule has 3 rings (SSSR count). The lowest BCUT2D eigenvalue weighted by Gasteiger charge is -2.37. The van der Waals surface area contributed by atoms with Gasteiger partial charge in [0, 0.05) is 30.4 Å². The van der Waals surface area contributed by atoms with Crippen LogP contribution in [0.25, 0.3) is 0 Å². The van der Waals surface area contributed by atoms with E-state index in [4.69, 9.17) is 0 Å². The van der Waals surface area contributed by atoms with Crippen LogP contribution in [0.3, 0.4) is 0 Å². The van der Waals surface area contributed by atoms with Crippen molar-refractivity contribution in [3.05, 3.63) is 18.0 Å². The Bertz CT molecular complexity index is 354. The van der Waals surface area contributed by atoms with Gasteiger partial charge >= 0.3 is 0 Å². The summed E-state index contributed by atoms with van der Waals surface area (Å²) in [4.78, 5) is 0. The highest BCUT2D eigenvalue weighted by Crippen LogP contribution is 2.42. The molecule has 2 saturated carbocycles. The minimum Gasteiger partial charge on any atom is -0.314 e. The van der Waals surface area contributed by atoms with Crippen molar-refractivity contribution in [2.45, 2.75) is 51.1 Å². The average molecular weight is 219 g/mol. The highest BCUT2D eigenvalue weighted by Gasteiger charge is 2.35. The quantitative estimate of drug-likeness (QED) is 0.822. The molecule has 88 valence electrons. The van der Waals surface area contributed by atoms with E-state index >= 15 is 0 Å². The normalized spacial score (nSPS) is 29.1. The molecule has 2 atom stereocenters. The Labute approximate surface area is 97.2 Å². The van der Waals surface area contributed by atoms with E-state index in [1.54, 1.807) is 0 Å². The number of hydrogen-bond acceptors (Lipinski definition) is 2. The summed E-state index contributed by atoms with van der Waals surface area (Å²) in [6.07, 6.45) is 7.47. The van der Waals surface area contributed by atoms with Crippen molar-refractivity contribution in [3.8, 4) is 0 Å². The van der Waals surface area contributed by atoms with Crippen LogP contribution in [-0.2, 0) is 6.54 Å². The van der Waals surface area contributed by atoms with Gasteiger partial charge in [-0.15, -0.1) is 0 Å². The number of hydrogen-bond donors (Lipinski definition) is 1. The number of aryl methyl sites for hydroxylation is 1. The maximum absolute atomic E-state index is 4.38. The fourth-order valence-corrected chi connectivity index (χ4v) is 2.73. The maximum atomic E-state index is 4.38. The molecular formula is C13H21N3. The Balaban J connectivity index is 1.61. The van der Waals surface area contributed by atoms with Crippen molar-refractivity contribution in [3.63, 3.8) is 0 Å². The van der Waals surface area contributed by atoms with Gasteiger partial charge in [-0.25, -0.2) is 0 Å². The Hall–Kier alpha value is -0.830. The van der Waals surface area contributed by atoms with Gasteiger partial charge in [0.05, 0.1) is 0 Å². The van der Waals surface area contributed by atoms with Crippen LogP contribution in [0.15, 0.2) is 12.3 Å². The van der Waals surface area contributed by atoms with E-state index in [-0.39, 0.29) is 0 Å². The predicted molar refractivity (Wildman–Crippen MR) is 64.4 cm³/mol. The molecule has 0 spiro atoms. The molecule has 3 heteroatoms. The summed E-state index contributed by atoms with van der Waals surface area (Å²) in [5.41, 5.74) is 1.45. The molecule has 0 aromatic carbocycles. The predicted octanol–water partition coefficient (Wildman–Crippen LogP) is 2.15. The first-order valence-electron chi connectivity index (χ1n) is 6.63. The van der Waals surface area contributed by atoms with Crippen molar-refractivity contribution in [2.24, 2.45) is 5.92 Å². The molecular weight excluding hydrogens is 198 g/mol. The smallest absolute Gasteiger partial charge is 0.0492 e. The first kappa shape index (κ1) is 10.3.